The first kappa shape index (κ1) is 20.7. The largest absolute Gasteiger partial charge is 0.487 e. The van der Waals surface area contributed by atoms with Gasteiger partial charge in [0.15, 0.2) is 0 Å². The van der Waals surface area contributed by atoms with Crippen molar-refractivity contribution in [1.29, 1.82) is 0 Å². The van der Waals surface area contributed by atoms with Crippen LogP contribution in [0.15, 0.2) is 47.6 Å². The average molecular weight is 406 g/mol. The monoisotopic (exact) mass is 405 g/mol. The van der Waals surface area contributed by atoms with Crippen LogP contribution in [0.4, 0.5) is 0 Å². The summed E-state index contributed by atoms with van der Waals surface area (Å²) in [4.78, 5) is 4.25. The predicted octanol–water partition coefficient (Wildman–Crippen LogP) is 1.74. The lowest BCUT2D eigenvalue weighted by Crippen LogP contribution is -2.49. The average Bonchev–Trinajstić information content (AvgIpc) is 2.70. The number of benzene rings is 1. The van der Waals surface area contributed by atoms with Gasteiger partial charge in [-0.15, -0.1) is 0 Å². The molecule has 1 aliphatic heterocycles. The number of likely N-dealkylation sites (N-methyl/N-ethyl adjacent to an activating group) is 1. The van der Waals surface area contributed by atoms with E-state index in [2.05, 4.69) is 10.3 Å². The second-order valence-corrected chi connectivity index (χ2v) is 9.06. The van der Waals surface area contributed by atoms with Gasteiger partial charge in [-0.2, -0.15) is 4.31 Å². The third-order valence-corrected chi connectivity index (χ3v) is 7.09. The Morgan fingerprint density at radius 1 is 1.36 bits per heavy atom. The van der Waals surface area contributed by atoms with E-state index < -0.39 is 16.1 Å². The van der Waals surface area contributed by atoms with Gasteiger partial charge in [0, 0.05) is 43.0 Å². The van der Waals surface area contributed by atoms with Gasteiger partial charge in [0.1, 0.15) is 16.7 Å². The molecule has 0 fully saturated rings. The minimum atomic E-state index is -3.81. The van der Waals surface area contributed by atoms with Gasteiger partial charge in [-0.05, 0) is 37.7 Å². The number of sulfonamides is 1. The summed E-state index contributed by atoms with van der Waals surface area (Å²) in [6.45, 7) is 4.29. The van der Waals surface area contributed by atoms with Crippen LogP contribution in [0.5, 0.6) is 5.75 Å². The zero-order valence-corrected chi connectivity index (χ0v) is 17.2. The van der Waals surface area contributed by atoms with Crippen molar-refractivity contribution in [3.8, 4) is 16.9 Å². The lowest BCUT2D eigenvalue weighted by Gasteiger charge is -2.36. The molecule has 0 radical (unpaired) electrons. The topological polar surface area (TPSA) is 91.8 Å². The first-order valence-corrected chi connectivity index (χ1v) is 10.8. The molecule has 0 aliphatic carbocycles. The summed E-state index contributed by atoms with van der Waals surface area (Å²) >= 11 is 0. The van der Waals surface area contributed by atoms with Gasteiger partial charge in [0.05, 0.1) is 6.61 Å². The highest BCUT2D eigenvalue weighted by molar-refractivity contribution is 7.89. The molecular weight excluding hydrogens is 378 g/mol. The maximum absolute atomic E-state index is 13.3. The van der Waals surface area contributed by atoms with Crippen LogP contribution in [0.2, 0.25) is 0 Å². The number of hydrogen-bond donors (Lipinski definition) is 2. The molecule has 1 aromatic carbocycles. The van der Waals surface area contributed by atoms with Gasteiger partial charge in [-0.1, -0.05) is 19.1 Å². The lowest BCUT2D eigenvalue weighted by atomic mass is 10.0. The van der Waals surface area contributed by atoms with Crippen molar-refractivity contribution in [2.75, 3.05) is 26.7 Å². The van der Waals surface area contributed by atoms with E-state index in [4.69, 9.17) is 4.74 Å². The Kier molecular flexibility index (Phi) is 6.34. The van der Waals surface area contributed by atoms with E-state index in [1.807, 2.05) is 26.1 Å². The number of hydrogen-bond acceptors (Lipinski definition) is 6. The second kappa shape index (κ2) is 8.57. The number of aromatic nitrogens is 1. The van der Waals surface area contributed by atoms with E-state index in [-0.39, 0.29) is 30.1 Å². The number of pyridine rings is 1. The molecule has 2 aromatic rings. The van der Waals surface area contributed by atoms with Crippen LogP contribution in [0.25, 0.3) is 11.1 Å². The Labute approximate surface area is 166 Å². The number of aliphatic hydroxyl groups is 1. The highest BCUT2D eigenvalue weighted by atomic mass is 32.2. The van der Waals surface area contributed by atoms with Crippen LogP contribution < -0.4 is 10.1 Å². The molecule has 0 unspecified atom stereocenters. The smallest absolute Gasteiger partial charge is 0.247 e. The summed E-state index contributed by atoms with van der Waals surface area (Å²) in [5, 5.41) is 12.7. The Hall–Kier alpha value is -2.00. The van der Waals surface area contributed by atoms with E-state index in [1.165, 1.54) is 4.31 Å². The van der Waals surface area contributed by atoms with Crippen LogP contribution in [-0.2, 0) is 10.0 Å². The van der Waals surface area contributed by atoms with Gasteiger partial charge in [0.2, 0.25) is 10.0 Å². The Morgan fingerprint density at radius 3 is 2.79 bits per heavy atom. The van der Waals surface area contributed by atoms with E-state index in [9.17, 15) is 13.5 Å². The molecule has 152 valence electrons. The molecule has 3 atom stereocenters. The van der Waals surface area contributed by atoms with E-state index in [0.29, 0.717) is 12.3 Å². The molecule has 7 nitrogen and oxygen atoms in total. The summed E-state index contributed by atoms with van der Waals surface area (Å²) in [5.41, 5.74) is 1.72. The van der Waals surface area contributed by atoms with Gasteiger partial charge in [0.25, 0.3) is 0 Å². The van der Waals surface area contributed by atoms with E-state index >= 15 is 0 Å². The fourth-order valence-corrected chi connectivity index (χ4v) is 5.21. The maximum atomic E-state index is 13.3. The second-order valence-electron chi connectivity index (χ2n) is 7.20. The van der Waals surface area contributed by atoms with Crippen LogP contribution in [0.3, 0.4) is 0 Å². The molecule has 1 aromatic heterocycles. The molecule has 2 heterocycles. The van der Waals surface area contributed by atoms with Crippen molar-refractivity contribution in [3.63, 3.8) is 0 Å². The lowest BCUT2D eigenvalue weighted by molar-refractivity contribution is 0.103. The predicted molar refractivity (Wildman–Crippen MR) is 108 cm³/mol. The number of nitrogens with zero attached hydrogens (tertiary/aromatic N) is 2. The van der Waals surface area contributed by atoms with Crippen LogP contribution in [0.1, 0.15) is 13.8 Å². The quantitative estimate of drug-likeness (QED) is 0.787. The molecule has 0 saturated carbocycles. The minimum Gasteiger partial charge on any atom is -0.487 e. The highest BCUT2D eigenvalue weighted by Crippen LogP contribution is 2.36. The van der Waals surface area contributed by atoms with Crippen molar-refractivity contribution >= 4 is 10.0 Å². The van der Waals surface area contributed by atoms with Crippen molar-refractivity contribution in [1.82, 2.24) is 14.6 Å². The highest BCUT2D eigenvalue weighted by Gasteiger charge is 2.37. The summed E-state index contributed by atoms with van der Waals surface area (Å²) in [6.07, 6.45) is 3.21. The molecule has 28 heavy (non-hydrogen) atoms. The molecule has 1 aliphatic rings. The third-order valence-electron chi connectivity index (χ3n) is 5.07. The molecule has 0 amide bonds. The molecule has 8 heteroatoms. The number of ether oxygens (including phenoxy) is 1. The van der Waals surface area contributed by atoms with Crippen LogP contribution >= 0.6 is 0 Å². The molecule has 3 rings (SSSR count). The fourth-order valence-electron chi connectivity index (χ4n) is 3.38. The zero-order valence-electron chi connectivity index (χ0n) is 16.4. The number of rotatable bonds is 5. The van der Waals surface area contributed by atoms with Gasteiger partial charge in [-0.25, -0.2) is 8.42 Å². The minimum absolute atomic E-state index is 0.0635. The summed E-state index contributed by atoms with van der Waals surface area (Å²) < 4.78 is 34.3. The van der Waals surface area contributed by atoms with Crippen molar-refractivity contribution in [2.24, 2.45) is 5.92 Å². The van der Waals surface area contributed by atoms with Gasteiger partial charge < -0.3 is 15.2 Å². The molecule has 0 spiro atoms. The molecule has 0 bridgehead atoms. The Morgan fingerprint density at radius 2 is 2.14 bits per heavy atom. The van der Waals surface area contributed by atoms with E-state index in [0.717, 1.165) is 11.1 Å². The number of nitrogens with one attached hydrogen (secondary N) is 1. The third kappa shape index (κ3) is 4.05. The molecular formula is C20H27N3O4S. The summed E-state index contributed by atoms with van der Waals surface area (Å²) in [7, 11) is -1.97. The Bertz CT molecular complexity index is 905. The SMILES string of the molecule is CNC[C@H]1Oc2cc(-c3cccnc3)ccc2S(=O)(=O)N([C@@H](C)CO)C[C@@H]1C. The zero-order chi connectivity index (χ0) is 20.3. The van der Waals surface area contributed by atoms with Crippen molar-refractivity contribution < 1.29 is 18.3 Å². The van der Waals surface area contributed by atoms with Crippen molar-refractivity contribution in [2.45, 2.75) is 30.9 Å². The van der Waals surface area contributed by atoms with Gasteiger partial charge in [-0.3, -0.25) is 4.98 Å². The summed E-state index contributed by atoms with van der Waals surface area (Å²) in [6, 6.07) is 8.33. The fraction of sp³-hybridized carbons (Fsp3) is 0.450. The standard InChI is InChI=1S/C20H27N3O4S/c1-14-12-23(15(2)13-24)28(25,26)20-7-6-16(17-5-4-8-22-10-17)9-18(20)27-19(14)11-21-3/h4-10,14-15,19,21,24H,11-13H2,1-3H3/t14-,15-,19+/m0/s1. The van der Waals surface area contributed by atoms with Gasteiger partial charge >= 0.3 is 0 Å². The van der Waals surface area contributed by atoms with Crippen molar-refractivity contribution in [3.05, 3.63) is 42.7 Å². The number of aliphatic hydroxyl groups excluding tert-OH is 1. The summed E-state index contributed by atoms with van der Waals surface area (Å²) in [5.74, 6) is 0.259. The first-order valence-electron chi connectivity index (χ1n) is 9.37. The Balaban J connectivity index is 2.14. The molecule has 2 N–H and O–H groups in total. The van der Waals surface area contributed by atoms with E-state index in [1.54, 1.807) is 37.5 Å². The molecule has 0 saturated heterocycles. The normalized spacial score (nSPS) is 23.1. The maximum Gasteiger partial charge on any atom is 0.247 e. The first-order chi connectivity index (χ1) is 13.4. The van der Waals surface area contributed by atoms with Crippen LogP contribution in [0, 0.1) is 5.92 Å². The van der Waals surface area contributed by atoms with Crippen LogP contribution in [-0.4, -0.2) is 61.7 Å². The number of fused-ring (bicyclic) bond motifs is 1.